The van der Waals surface area contributed by atoms with Crippen molar-refractivity contribution in [2.75, 3.05) is 0 Å². The van der Waals surface area contributed by atoms with Crippen LogP contribution < -0.4 is 10.9 Å². The summed E-state index contributed by atoms with van der Waals surface area (Å²) in [4.78, 5) is 26.3. The number of aromatic nitrogens is 2. The molecule has 8 nitrogen and oxygen atoms in total. The molecule has 134 valence electrons. The number of carboxylic acid groups (broad SMARTS) is 1. The number of benzene rings is 1. The molecule has 0 radical (unpaired) electrons. The Kier molecular flexibility index (Phi) is 4.86. The van der Waals surface area contributed by atoms with Gasteiger partial charge < -0.3 is 9.67 Å². The molecule has 0 spiro atoms. The normalized spacial score (nSPS) is 10.7. The molecule has 0 aliphatic carbocycles. The van der Waals surface area contributed by atoms with Crippen LogP contribution >= 0.6 is 0 Å². The Hall–Kier alpha value is -4.12. The van der Waals surface area contributed by atoms with Crippen molar-refractivity contribution in [1.29, 1.82) is 5.26 Å². The molecule has 0 fully saturated rings. The van der Waals surface area contributed by atoms with E-state index >= 15 is 0 Å². The summed E-state index contributed by atoms with van der Waals surface area (Å²) in [5.41, 5.74) is 8.57. The van der Waals surface area contributed by atoms with Crippen molar-refractivity contribution in [3.05, 3.63) is 65.5 Å². The Bertz CT molecular complexity index is 1090. The molecule has 0 saturated heterocycles. The Balaban J connectivity index is 1.93. The second-order valence-electron chi connectivity index (χ2n) is 5.71. The van der Waals surface area contributed by atoms with Gasteiger partial charge in [-0.05, 0) is 55.0 Å². The average molecular weight is 361 g/mol. The maximum atomic E-state index is 11.6. The average Bonchev–Trinajstić information content (AvgIpc) is 2.99. The summed E-state index contributed by atoms with van der Waals surface area (Å²) < 4.78 is 2.01. The van der Waals surface area contributed by atoms with E-state index in [1.165, 1.54) is 12.2 Å². The number of amides is 2. The molecule has 2 aromatic heterocycles. The summed E-state index contributed by atoms with van der Waals surface area (Å²) >= 11 is 0. The maximum absolute atomic E-state index is 11.6. The van der Waals surface area contributed by atoms with Crippen molar-refractivity contribution < 1.29 is 14.7 Å². The van der Waals surface area contributed by atoms with Crippen LogP contribution in [-0.4, -0.2) is 26.7 Å². The van der Waals surface area contributed by atoms with Gasteiger partial charge in [0.2, 0.25) is 0 Å². The van der Waals surface area contributed by atoms with E-state index < -0.39 is 12.0 Å². The van der Waals surface area contributed by atoms with Crippen molar-refractivity contribution in [2.45, 2.75) is 6.92 Å². The lowest BCUT2D eigenvalue weighted by Crippen LogP contribution is -2.39. The largest absolute Gasteiger partial charge is 0.464 e. The fraction of sp³-hybridized carbons (Fsp3) is 0.0526. The lowest BCUT2D eigenvalue weighted by molar-refractivity contribution is -0.117. The van der Waals surface area contributed by atoms with Gasteiger partial charge in [-0.3, -0.25) is 15.2 Å². The van der Waals surface area contributed by atoms with Crippen LogP contribution in [0, 0.1) is 18.3 Å². The van der Waals surface area contributed by atoms with E-state index in [9.17, 15) is 9.59 Å². The summed E-state index contributed by atoms with van der Waals surface area (Å²) in [6.45, 7) is 1.96. The highest BCUT2D eigenvalue weighted by molar-refractivity contribution is 5.93. The number of nitrogens with zero attached hydrogens (tertiary/aromatic N) is 3. The molecule has 8 heteroatoms. The van der Waals surface area contributed by atoms with E-state index in [-0.39, 0.29) is 0 Å². The molecular formula is C19H15N5O3. The van der Waals surface area contributed by atoms with Crippen LogP contribution in [-0.2, 0) is 4.79 Å². The lowest BCUT2D eigenvalue weighted by atomic mass is 10.2. The fourth-order valence-electron chi connectivity index (χ4n) is 2.67. The zero-order valence-corrected chi connectivity index (χ0v) is 14.3. The molecule has 3 aromatic rings. The van der Waals surface area contributed by atoms with Gasteiger partial charge in [0.25, 0.3) is 5.91 Å². The molecule has 3 rings (SSSR count). The molecule has 0 aliphatic heterocycles. The van der Waals surface area contributed by atoms with E-state index in [1.807, 2.05) is 41.2 Å². The molecule has 0 unspecified atom stereocenters. The van der Waals surface area contributed by atoms with E-state index in [2.05, 4.69) is 11.1 Å². The summed E-state index contributed by atoms with van der Waals surface area (Å²) in [5, 5.41) is 17.4. The number of hydrogen-bond donors (Lipinski definition) is 3. The molecule has 0 saturated carbocycles. The summed E-state index contributed by atoms with van der Waals surface area (Å²) in [6, 6.07) is 13.1. The van der Waals surface area contributed by atoms with E-state index in [0.29, 0.717) is 11.1 Å². The van der Waals surface area contributed by atoms with Gasteiger partial charge in [0, 0.05) is 23.7 Å². The molecule has 2 heterocycles. The number of nitrogens with one attached hydrogen (secondary N) is 2. The SMILES string of the molecule is Cc1cc2ncc(/C=C/C(=O)NNC(=O)O)cc2n1-c1ccc(C#N)cc1. The monoisotopic (exact) mass is 361 g/mol. The second kappa shape index (κ2) is 7.41. The van der Waals surface area contributed by atoms with Gasteiger partial charge in [-0.25, -0.2) is 10.2 Å². The number of fused-ring (bicyclic) bond motifs is 1. The lowest BCUT2D eigenvalue weighted by Gasteiger charge is -2.08. The number of hydrogen-bond acceptors (Lipinski definition) is 4. The Morgan fingerprint density at radius 3 is 2.63 bits per heavy atom. The van der Waals surface area contributed by atoms with Crippen molar-refractivity contribution >= 4 is 29.1 Å². The zero-order valence-electron chi connectivity index (χ0n) is 14.3. The third-order valence-electron chi connectivity index (χ3n) is 3.83. The van der Waals surface area contributed by atoms with E-state index in [0.717, 1.165) is 22.4 Å². The van der Waals surface area contributed by atoms with Crippen LogP contribution in [0.3, 0.4) is 0 Å². The highest BCUT2D eigenvalue weighted by Gasteiger charge is 2.09. The van der Waals surface area contributed by atoms with E-state index in [4.69, 9.17) is 10.4 Å². The third-order valence-corrected chi connectivity index (χ3v) is 3.83. The van der Waals surface area contributed by atoms with Crippen LogP contribution in [0.2, 0.25) is 0 Å². The minimum atomic E-state index is -1.35. The van der Waals surface area contributed by atoms with Gasteiger partial charge in [0.05, 0.1) is 22.7 Å². The van der Waals surface area contributed by atoms with Gasteiger partial charge in [-0.1, -0.05) is 0 Å². The van der Waals surface area contributed by atoms with Gasteiger partial charge in [-0.15, -0.1) is 0 Å². The Morgan fingerprint density at radius 1 is 1.22 bits per heavy atom. The number of aryl methyl sites for hydroxylation is 1. The maximum Gasteiger partial charge on any atom is 0.423 e. The summed E-state index contributed by atoms with van der Waals surface area (Å²) in [6.07, 6.45) is 3.02. The number of rotatable bonds is 3. The summed E-state index contributed by atoms with van der Waals surface area (Å²) in [7, 11) is 0. The molecular weight excluding hydrogens is 346 g/mol. The van der Waals surface area contributed by atoms with Crippen LogP contribution in [0.15, 0.2) is 48.7 Å². The molecule has 2 amide bonds. The number of carbonyl (C=O) groups excluding carboxylic acids is 1. The first kappa shape index (κ1) is 17.7. The third kappa shape index (κ3) is 3.93. The zero-order chi connectivity index (χ0) is 19.4. The predicted octanol–water partition coefficient (Wildman–Crippen LogP) is 2.52. The van der Waals surface area contributed by atoms with Crippen molar-refractivity contribution in [2.24, 2.45) is 0 Å². The quantitative estimate of drug-likeness (QED) is 0.489. The number of nitriles is 1. The summed E-state index contributed by atoms with van der Waals surface area (Å²) in [5.74, 6) is -0.601. The molecule has 0 aliphatic rings. The molecule has 1 aromatic carbocycles. The van der Waals surface area contributed by atoms with Gasteiger partial charge in [-0.2, -0.15) is 5.26 Å². The first-order chi connectivity index (χ1) is 13.0. The number of hydrazine groups is 1. The number of carbonyl (C=O) groups is 2. The highest BCUT2D eigenvalue weighted by atomic mass is 16.4. The van der Waals surface area contributed by atoms with Gasteiger partial charge >= 0.3 is 6.09 Å². The Labute approximate surface area is 154 Å². The fourth-order valence-corrected chi connectivity index (χ4v) is 2.67. The highest BCUT2D eigenvalue weighted by Crippen LogP contribution is 2.24. The molecule has 3 N–H and O–H groups in total. The van der Waals surface area contributed by atoms with Gasteiger partial charge in [0.15, 0.2) is 0 Å². The topological polar surface area (TPSA) is 120 Å². The molecule has 27 heavy (non-hydrogen) atoms. The van der Waals surface area contributed by atoms with Crippen LogP contribution in [0.5, 0.6) is 0 Å². The molecule has 0 atom stereocenters. The first-order valence-electron chi connectivity index (χ1n) is 7.93. The minimum Gasteiger partial charge on any atom is -0.464 e. The standard InChI is InChI=1S/C19H15N5O3/c1-12-8-16-17(24(12)15-5-2-13(10-20)3-6-15)9-14(11-21-16)4-7-18(25)22-23-19(26)27/h2-9,11,23H,1H3,(H,22,25)(H,26,27)/b7-4+. The predicted molar refractivity (Wildman–Crippen MR) is 98.9 cm³/mol. The van der Waals surface area contributed by atoms with Crippen LogP contribution in [0.1, 0.15) is 16.8 Å². The number of pyridine rings is 1. The van der Waals surface area contributed by atoms with Crippen molar-refractivity contribution in [3.63, 3.8) is 0 Å². The minimum absolute atomic E-state index is 0.579. The smallest absolute Gasteiger partial charge is 0.423 e. The second-order valence-corrected chi connectivity index (χ2v) is 5.71. The van der Waals surface area contributed by atoms with Crippen LogP contribution in [0.4, 0.5) is 4.79 Å². The molecule has 0 bridgehead atoms. The Morgan fingerprint density at radius 2 is 1.96 bits per heavy atom. The van der Waals surface area contributed by atoms with E-state index in [1.54, 1.807) is 23.8 Å². The van der Waals surface area contributed by atoms with Crippen LogP contribution in [0.25, 0.3) is 22.8 Å². The first-order valence-corrected chi connectivity index (χ1v) is 7.93. The van der Waals surface area contributed by atoms with Crippen molar-refractivity contribution in [1.82, 2.24) is 20.4 Å². The van der Waals surface area contributed by atoms with Gasteiger partial charge in [0.1, 0.15) is 0 Å². The van der Waals surface area contributed by atoms with Crippen molar-refractivity contribution in [3.8, 4) is 11.8 Å².